The predicted octanol–water partition coefficient (Wildman–Crippen LogP) is 4.28. The molecule has 6 nitrogen and oxygen atoms in total. The summed E-state index contributed by atoms with van der Waals surface area (Å²) >= 11 is 0. The van der Waals surface area contributed by atoms with Gasteiger partial charge < -0.3 is 19.7 Å². The maximum atomic E-state index is 13.3. The number of benzene rings is 2. The van der Waals surface area contributed by atoms with Gasteiger partial charge in [0.2, 0.25) is 18.6 Å². The number of hydrogen-bond acceptors (Lipinski definition) is 4. The zero-order chi connectivity index (χ0) is 21.2. The van der Waals surface area contributed by atoms with Crippen LogP contribution in [0.1, 0.15) is 49.7 Å². The molecule has 1 saturated carbocycles. The number of ether oxygens (including phenoxy) is 2. The summed E-state index contributed by atoms with van der Waals surface area (Å²) in [4.78, 5) is 27.9. The van der Waals surface area contributed by atoms with Gasteiger partial charge in [0.25, 0.3) is 0 Å². The molecule has 0 aromatic heterocycles. The number of fused-ring (bicyclic) bond motifs is 2. The molecular formula is C25H28N2O4. The highest BCUT2D eigenvalue weighted by molar-refractivity contribution is 5.96. The van der Waals surface area contributed by atoms with Crippen LogP contribution in [0.15, 0.2) is 42.5 Å². The van der Waals surface area contributed by atoms with Crippen molar-refractivity contribution in [2.75, 3.05) is 12.1 Å². The molecule has 0 saturated heterocycles. The van der Waals surface area contributed by atoms with Crippen LogP contribution in [-0.2, 0) is 22.6 Å². The monoisotopic (exact) mass is 420 g/mol. The Hall–Kier alpha value is -3.02. The lowest BCUT2D eigenvalue weighted by Crippen LogP contribution is -2.39. The van der Waals surface area contributed by atoms with Gasteiger partial charge in [-0.1, -0.05) is 37.1 Å². The number of para-hydroxylation sites is 1. The van der Waals surface area contributed by atoms with Crippen molar-refractivity contribution < 1.29 is 19.1 Å². The van der Waals surface area contributed by atoms with Crippen LogP contribution in [0, 0.1) is 5.92 Å². The molecule has 2 heterocycles. The normalized spacial score (nSPS) is 19.7. The van der Waals surface area contributed by atoms with Crippen molar-refractivity contribution in [3.8, 4) is 11.5 Å². The van der Waals surface area contributed by atoms with E-state index in [1.807, 2.05) is 47.4 Å². The summed E-state index contributed by atoms with van der Waals surface area (Å²) < 4.78 is 10.9. The summed E-state index contributed by atoms with van der Waals surface area (Å²) in [6, 6.07) is 14.1. The highest BCUT2D eigenvalue weighted by atomic mass is 16.7. The van der Waals surface area contributed by atoms with E-state index < -0.39 is 0 Å². The van der Waals surface area contributed by atoms with Gasteiger partial charge in [0.15, 0.2) is 11.5 Å². The maximum Gasteiger partial charge on any atom is 0.231 e. The third kappa shape index (κ3) is 4.24. The quantitative estimate of drug-likeness (QED) is 0.758. The van der Waals surface area contributed by atoms with Crippen LogP contribution < -0.4 is 14.8 Å². The summed E-state index contributed by atoms with van der Waals surface area (Å²) in [7, 11) is 0. The molecule has 0 spiro atoms. The first-order valence-electron chi connectivity index (χ1n) is 11.2. The summed E-state index contributed by atoms with van der Waals surface area (Å²) in [6.07, 6.45) is 6.08. The van der Waals surface area contributed by atoms with E-state index in [1.165, 1.54) is 0 Å². The number of nitrogens with one attached hydrogen (secondary N) is 1. The van der Waals surface area contributed by atoms with Gasteiger partial charge in [-0.25, -0.2) is 0 Å². The Morgan fingerprint density at radius 2 is 1.87 bits per heavy atom. The van der Waals surface area contributed by atoms with Crippen molar-refractivity contribution in [2.45, 2.75) is 57.5 Å². The van der Waals surface area contributed by atoms with E-state index in [-0.39, 0.29) is 30.6 Å². The number of amides is 2. The van der Waals surface area contributed by atoms with Gasteiger partial charge in [0.1, 0.15) is 0 Å². The fourth-order valence-electron chi connectivity index (χ4n) is 4.96. The first kappa shape index (κ1) is 19.9. The molecule has 1 atom stereocenters. The SMILES string of the molecule is O=C1Nc2ccccc2C[C@H]1CCC(=O)N(Cc1ccc2c(c1)OCO2)C1CCCC1. The molecule has 162 valence electrons. The molecule has 2 aliphatic heterocycles. The molecule has 2 aromatic rings. The van der Waals surface area contributed by atoms with Crippen LogP contribution in [0.2, 0.25) is 0 Å². The summed E-state index contributed by atoms with van der Waals surface area (Å²) in [5.41, 5.74) is 3.09. The third-order valence-corrected chi connectivity index (χ3v) is 6.69. The Kier molecular flexibility index (Phi) is 5.53. The van der Waals surface area contributed by atoms with Crippen molar-refractivity contribution in [2.24, 2.45) is 5.92 Å². The molecule has 0 radical (unpaired) electrons. The van der Waals surface area contributed by atoms with Crippen molar-refractivity contribution in [1.29, 1.82) is 0 Å². The maximum absolute atomic E-state index is 13.3. The van der Waals surface area contributed by atoms with Crippen LogP contribution in [0.5, 0.6) is 11.5 Å². The number of rotatable bonds is 6. The van der Waals surface area contributed by atoms with Gasteiger partial charge in [-0.3, -0.25) is 9.59 Å². The molecule has 1 N–H and O–H groups in total. The van der Waals surface area contributed by atoms with Gasteiger partial charge in [-0.2, -0.15) is 0 Å². The molecular weight excluding hydrogens is 392 g/mol. The highest BCUT2D eigenvalue weighted by Crippen LogP contribution is 2.34. The standard InChI is InChI=1S/C25H28N2O4/c28-24(12-10-19-14-18-5-1-4-8-21(18)26-25(19)29)27(20-6-2-3-7-20)15-17-9-11-22-23(13-17)31-16-30-22/h1,4-5,8-9,11,13,19-20H,2-3,6-7,10,12,14-16H2,(H,26,29)/t19-/m1/s1. The minimum atomic E-state index is -0.158. The smallest absolute Gasteiger partial charge is 0.231 e. The van der Waals surface area contributed by atoms with E-state index in [2.05, 4.69) is 5.32 Å². The second-order valence-corrected chi connectivity index (χ2v) is 8.73. The second kappa shape index (κ2) is 8.61. The Labute approximate surface area is 182 Å². The number of nitrogens with zero attached hydrogens (tertiary/aromatic N) is 1. The van der Waals surface area contributed by atoms with Crippen LogP contribution in [0.25, 0.3) is 0 Å². The lowest BCUT2D eigenvalue weighted by atomic mass is 9.89. The average Bonchev–Trinajstić information content (AvgIpc) is 3.47. The number of carbonyl (C=O) groups is 2. The van der Waals surface area contributed by atoms with Crippen molar-refractivity contribution >= 4 is 17.5 Å². The van der Waals surface area contributed by atoms with E-state index in [9.17, 15) is 9.59 Å². The Morgan fingerprint density at radius 1 is 1.06 bits per heavy atom. The zero-order valence-corrected chi connectivity index (χ0v) is 17.6. The number of carbonyl (C=O) groups excluding carboxylic acids is 2. The Balaban J connectivity index is 1.26. The molecule has 6 heteroatoms. The lowest BCUT2D eigenvalue weighted by molar-refractivity contribution is -0.134. The molecule has 2 aromatic carbocycles. The van der Waals surface area contributed by atoms with Crippen LogP contribution in [0.4, 0.5) is 5.69 Å². The van der Waals surface area contributed by atoms with Crippen LogP contribution in [0.3, 0.4) is 0 Å². The molecule has 0 unspecified atom stereocenters. The van der Waals surface area contributed by atoms with Crippen molar-refractivity contribution in [3.05, 3.63) is 53.6 Å². The predicted molar refractivity (Wildman–Crippen MR) is 117 cm³/mol. The van der Waals surface area contributed by atoms with E-state index >= 15 is 0 Å². The summed E-state index contributed by atoms with van der Waals surface area (Å²) in [5, 5.41) is 2.99. The van der Waals surface area contributed by atoms with E-state index in [0.717, 1.165) is 54.0 Å². The fourth-order valence-corrected chi connectivity index (χ4v) is 4.96. The topological polar surface area (TPSA) is 67.9 Å². The molecule has 2 amide bonds. The van der Waals surface area contributed by atoms with E-state index in [1.54, 1.807) is 0 Å². The van der Waals surface area contributed by atoms with Gasteiger partial charge in [-0.05, 0) is 55.0 Å². The van der Waals surface area contributed by atoms with Gasteiger partial charge in [-0.15, -0.1) is 0 Å². The van der Waals surface area contributed by atoms with E-state index in [0.29, 0.717) is 25.8 Å². The first-order valence-corrected chi connectivity index (χ1v) is 11.2. The minimum absolute atomic E-state index is 0.0229. The molecule has 31 heavy (non-hydrogen) atoms. The zero-order valence-electron chi connectivity index (χ0n) is 17.6. The third-order valence-electron chi connectivity index (χ3n) is 6.69. The Bertz CT molecular complexity index is 983. The second-order valence-electron chi connectivity index (χ2n) is 8.73. The summed E-state index contributed by atoms with van der Waals surface area (Å²) in [6.45, 7) is 0.816. The van der Waals surface area contributed by atoms with Crippen molar-refractivity contribution in [1.82, 2.24) is 4.90 Å². The van der Waals surface area contributed by atoms with Gasteiger partial charge in [0, 0.05) is 30.6 Å². The average molecular weight is 421 g/mol. The molecule has 5 rings (SSSR count). The summed E-state index contributed by atoms with van der Waals surface area (Å²) in [5.74, 6) is 1.50. The molecule has 1 fully saturated rings. The number of anilines is 1. The molecule has 3 aliphatic rings. The minimum Gasteiger partial charge on any atom is -0.454 e. The Morgan fingerprint density at radius 3 is 2.74 bits per heavy atom. The largest absolute Gasteiger partial charge is 0.454 e. The van der Waals surface area contributed by atoms with Crippen LogP contribution in [-0.4, -0.2) is 29.5 Å². The van der Waals surface area contributed by atoms with Gasteiger partial charge >= 0.3 is 0 Å². The highest BCUT2D eigenvalue weighted by Gasteiger charge is 2.30. The van der Waals surface area contributed by atoms with Gasteiger partial charge in [0.05, 0.1) is 0 Å². The lowest BCUT2D eigenvalue weighted by Gasteiger charge is -2.30. The number of hydrogen-bond donors (Lipinski definition) is 1. The van der Waals surface area contributed by atoms with E-state index in [4.69, 9.17) is 9.47 Å². The van der Waals surface area contributed by atoms with Crippen LogP contribution >= 0.6 is 0 Å². The molecule has 1 aliphatic carbocycles. The fraction of sp³-hybridized carbons (Fsp3) is 0.440. The molecule has 0 bridgehead atoms. The first-order chi connectivity index (χ1) is 15.2. The van der Waals surface area contributed by atoms with Crippen molar-refractivity contribution in [3.63, 3.8) is 0 Å².